The summed E-state index contributed by atoms with van der Waals surface area (Å²) < 4.78 is 5.22. The van der Waals surface area contributed by atoms with E-state index in [4.69, 9.17) is 4.74 Å². The molecule has 0 spiro atoms. The fourth-order valence-electron chi connectivity index (χ4n) is 1.63. The maximum absolute atomic E-state index is 12.2. The lowest BCUT2D eigenvalue weighted by molar-refractivity contribution is -0.124. The number of amides is 2. The quantitative estimate of drug-likeness (QED) is 0.820. The van der Waals surface area contributed by atoms with Crippen molar-refractivity contribution >= 4 is 12.0 Å². The van der Waals surface area contributed by atoms with E-state index in [2.05, 4.69) is 10.6 Å². The van der Waals surface area contributed by atoms with E-state index in [1.165, 1.54) is 0 Å². The van der Waals surface area contributed by atoms with Crippen molar-refractivity contribution in [2.45, 2.75) is 73.5 Å². The molecule has 0 aromatic heterocycles. The molecular weight excluding hydrogens is 268 g/mol. The minimum Gasteiger partial charge on any atom is -0.444 e. The number of ether oxygens (including phenoxy) is 1. The zero-order chi connectivity index (χ0) is 16.8. The third-order valence-corrected chi connectivity index (χ3v) is 2.51. The maximum Gasteiger partial charge on any atom is 0.408 e. The molecule has 2 N–H and O–H groups in total. The standard InChI is InChI=1S/C16H32N2O3/c1-11(2)9-12(13(19)17-10-15(3,4)5)18-14(20)21-16(6,7)8/h11-12H,9-10H2,1-8H3,(H,17,19)(H,18,20)/t12-/m0/s1. The highest BCUT2D eigenvalue weighted by molar-refractivity contribution is 5.85. The highest BCUT2D eigenvalue weighted by Crippen LogP contribution is 2.12. The van der Waals surface area contributed by atoms with Gasteiger partial charge in [0.2, 0.25) is 5.91 Å². The first-order valence-electron chi connectivity index (χ1n) is 7.57. The predicted octanol–water partition coefficient (Wildman–Crippen LogP) is 3.09. The van der Waals surface area contributed by atoms with Gasteiger partial charge < -0.3 is 15.4 Å². The smallest absolute Gasteiger partial charge is 0.408 e. The van der Waals surface area contributed by atoms with Gasteiger partial charge in [0.1, 0.15) is 11.6 Å². The van der Waals surface area contributed by atoms with Crippen LogP contribution in [0, 0.1) is 11.3 Å². The Balaban J connectivity index is 4.64. The number of nitrogens with one attached hydrogen (secondary N) is 2. The zero-order valence-electron chi connectivity index (χ0n) is 14.8. The number of carbonyl (C=O) groups excluding carboxylic acids is 2. The third-order valence-electron chi connectivity index (χ3n) is 2.51. The van der Waals surface area contributed by atoms with Crippen molar-refractivity contribution in [3.63, 3.8) is 0 Å². The van der Waals surface area contributed by atoms with Gasteiger partial charge >= 0.3 is 6.09 Å². The Bertz CT molecular complexity index is 352. The van der Waals surface area contributed by atoms with E-state index in [1.54, 1.807) is 20.8 Å². The topological polar surface area (TPSA) is 67.4 Å². The van der Waals surface area contributed by atoms with Crippen LogP contribution in [0.2, 0.25) is 0 Å². The van der Waals surface area contributed by atoms with Gasteiger partial charge in [0, 0.05) is 6.54 Å². The molecule has 5 nitrogen and oxygen atoms in total. The van der Waals surface area contributed by atoms with E-state index in [0.717, 1.165) is 0 Å². The second kappa shape index (κ2) is 7.66. The Hall–Kier alpha value is -1.26. The highest BCUT2D eigenvalue weighted by atomic mass is 16.6. The first-order chi connectivity index (χ1) is 9.30. The maximum atomic E-state index is 12.2. The summed E-state index contributed by atoms with van der Waals surface area (Å²) in [7, 11) is 0. The Morgan fingerprint density at radius 2 is 1.57 bits per heavy atom. The largest absolute Gasteiger partial charge is 0.444 e. The van der Waals surface area contributed by atoms with Gasteiger partial charge in [-0.3, -0.25) is 4.79 Å². The van der Waals surface area contributed by atoms with Crippen LogP contribution < -0.4 is 10.6 Å². The van der Waals surface area contributed by atoms with Crippen LogP contribution in [-0.2, 0) is 9.53 Å². The lowest BCUT2D eigenvalue weighted by Gasteiger charge is -2.25. The van der Waals surface area contributed by atoms with Gasteiger partial charge in [0.15, 0.2) is 0 Å². The number of alkyl carbamates (subject to hydrolysis) is 1. The summed E-state index contributed by atoms with van der Waals surface area (Å²) in [5.41, 5.74) is -0.571. The number of hydrogen-bond donors (Lipinski definition) is 2. The molecule has 0 aromatic carbocycles. The van der Waals surface area contributed by atoms with E-state index in [9.17, 15) is 9.59 Å². The zero-order valence-corrected chi connectivity index (χ0v) is 14.8. The fraction of sp³-hybridized carbons (Fsp3) is 0.875. The first-order valence-corrected chi connectivity index (χ1v) is 7.57. The SMILES string of the molecule is CC(C)C[C@H](NC(=O)OC(C)(C)C)C(=O)NCC(C)(C)C. The molecule has 0 aliphatic carbocycles. The average Bonchev–Trinajstić information content (AvgIpc) is 2.20. The third kappa shape index (κ3) is 11.1. The van der Waals surface area contributed by atoms with Gasteiger partial charge in [-0.1, -0.05) is 34.6 Å². The molecule has 0 radical (unpaired) electrons. The van der Waals surface area contributed by atoms with Gasteiger partial charge in [0.25, 0.3) is 0 Å². The normalized spacial score (nSPS) is 13.8. The van der Waals surface area contributed by atoms with E-state index in [1.807, 2.05) is 34.6 Å². The highest BCUT2D eigenvalue weighted by Gasteiger charge is 2.25. The monoisotopic (exact) mass is 300 g/mol. The molecule has 1 atom stereocenters. The van der Waals surface area contributed by atoms with E-state index in [0.29, 0.717) is 18.9 Å². The van der Waals surface area contributed by atoms with Crippen LogP contribution in [-0.4, -0.2) is 30.2 Å². The number of carbonyl (C=O) groups is 2. The fourth-order valence-corrected chi connectivity index (χ4v) is 1.63. The minimum absolute atomic E-state index is 0.00393. The molecule has 124 valence electrons. The van der Waals surface area contributed by atoms with Crippen LogP contribution in [0.5, 0.6) is 0 Å². The summed E-state index contributed by atoms with van der Waals surface area (Å²) in [5, 5.41) is 5.55. The molecule has 5 heteroatoms. The van der Waals surface area contributed by atoms with E-state index >= 15 is 0 Å². The number of hydrogen-bond acceptors (Lipinski definition) is 3. The molecular formula is C16H32N2O3. The van der Waals surface area contributed by atoms with Gasteiger partial charge in [-0.25, -0.2) is 4.79 Å². The van der Waals surface area contributed by atoms with E-state index < -0.39 is 17.7 Å². The van der Waals surface area contributed by atoms with Crippen molar-refractivity contribution < 1.29 is 14.3 Å². The Kier molecular flexibility index (Phi) is 7.20. The molecule has 0 fully saturated rings. The summed E-state index contributed by atoms with van der Waals surface area (Å²) in [4.78, 5) is 24.1. The molecule has 0 aliphatic rings. The molecule has 0 saturated carbocycles. The van der Waals surface area contributed by atoms with Crippen LogP contribution in [0.4, 0.5) is 4.79 Å². The Labute approximate surface area is 129 Å². The molecule has 0 rings (SSSR count). The van der Waals surface area contributed by atoms with Crippen molar-refractivity contribution in [1.82, 2.24) is 10.6 Å². The second-order valence-electron chi connectivity index (χ2n) is 8.11. The summed E-state index contributed by atoms with van der Waals surface area (Å²) in [6.07, 6.45) is 0.0222. The van der Waals surface area contributed by atoms with Gasteiger partial charge in [-0.2, -0.15) is 0 Å². The molecule has 2 amide bonds. The van der Waals surface area contributed by atoms with Crippen LogP contribution in [0.3, 0.4) is 0 Å². The molecule has 0 saturated heterocycles. The van der Waals surface area contributed by atoms with Crippen molar-refractivity contribution in [3.8, 4) is 0 Å². The average molecular weight is 300 g/mol. The Morgan fingerprint density at radius 3 is 1.95 bits per heavy atom. The summed E-state index contributed by atoms with van der Waals surface area (Å²) in [6, 6.07) is -0.567. The number of rotatable bonds is 5. The van der Waals surface area contributed by atoms with Crippen molar-refractivity contribution in [3.05, 3.63) is 0 Å². The predicted molar refractivity (Wildman–Crippen MR) is 85.1 cm³/mol. The molecule has 0 aromatic rings. The van der Waals surface area contributed by atoms with E-state index in [-0.39, 0.29) is 11.3 Å². The van der Waals surface area contributed by atoms with Crippen LogP contribution in [0.25, 0.3) is 0 Å². The Morgan fingerprint density at radius 1 is 1.05 bits per heavy atom. The summed E-state index contributed by atoms with van der Waals surface area (Å²) in [5.74, 6) is 0.134. The van der Waals surface area contributed by atoms with Crippen LogP contribution in [0.1, 0.15) is 61.8 Å². The minimum atomic E-state index is -0.575. The van der Waals surface area contributed by atoms with Gasteiger partial charge in [0.05, 0.1) is 0 Å². The lowest BCUT2D eigenvalue weighted by atomic mass is 9.96. The van der Waals surface area contributed by atoms with Gasteiger partial charge in [-0.05, 0) is 38.5 Å². The summed E-state index contributed by atoms with van der Waals surface area (Å²) in [6.45, 7) is 16.1. The second-order valence-corrected chi connectivity index (χ2v) is 8.11. The molecule has 0 heterocycles. The first kappa shape index (κ1) is 19.7. The van der Waals surface area contributed by atoms with Crippen molar-refractivity contribution in [2.75, 3.05) is 6.54 Å². The van der Waals surface area contributed by atoms with Crippen LogP contribution in [0.15, 0.2) is 0 Å². The molecule has 0 unspecified atom stereocenters. The van der Waals surface area contributed by atoms with Crippen LogP contribution >= 0.6 is 0 Å². The molecule has 21 heavy (non-hydrogen) atoms. The van der Waals surface area contributed by atoms with Gasteiger partial charge in [-0.15, -0.1) is 0 Å². The van der Waals surface area contributed by atoms with Crippen molar-refractivity contribution in [1.29, 1.82) is 0 Å². The summed E-state index contributed by atoms with van der Waals surface area (Å²) >= 11 is 0. The lowest BCUT2D eigenvalue weighted by Crippen LogP contribution is -2.50. The molecule has 0 bridgehead atoms. The molecule has 0 aliphatic heterocycles. The van der Waals surface area contributed by atoms with Crippen molar-refractivity contribution in [2.24, 2.45) is 11.3 Å².